The molecular formula is C15H17FN2O3. The molecule has 1 saturated heterocycles. The maximum Gasteiger partial charge on any atom is 0.338 e. The fourth-order valence-electron chi connectivity index (χ4n) is 2.70. The summed E-state index contributed by atoms with van der Waals surface area (Å²) in [4.78, 5) is 18.3. The van der Waals surface area contributed by atoms with Crippen LogP contribution in [-0.2, 0) is 11.2 Å². The van der Waals surface area contributed by atoms with Crippen LogP contribution in [-0.4, -0.2) is 33.8 Å². The van der Waals surface area contributed by atoms with E-state index in [1.807, 2.05) is 0 Å². The summed E-state index contributed by atoms with van der Waals surface area (Å²) in [7, 11) is 0. The average molecular weight is 292 g/mol. The first-order chi connectivity index (χ1) is 10.1. The van der Waals surface area contributed by atoms with Crippen molar-refractivity contribution in [3.8, 4) is 0 Å². The van der Waals surface area contributed by atoms with Crippen LogP contribution in [0.5, 0.6) is 0 Å². The van der Waals surface area contributed by atoms with Gasteiger partial charge in [0.25, 0.3) is 0 Å². The number of hydrogen-bond donors (Lipinski definition) is 2. The number of aromatic nitrogens is 2. The van der Waals surface area contributed by atoms with Crippen molar-refractivity contribution >= 4 is 17.0 Å². The third-order valence-electron chi connectivity index (χ3n) is 3.83. The van der Waals surface area contributed by atoms with Gasteiger partial charge in [0, 0.05) is 19.1 Å². The number of carboxylic acid groups (broad SMARTS) is 1. The number of imidazole rings is 1. The van der Waals surface area contributed by atoms with Gasteiger partial charge in [0.2, 0.25) is 0 Å². The number of nitrogens with zero attached hydrogens (tertiary/aromatic N) is 1. The summed E-state index contributed by atoms with van der Waals surface area (Å²) in [5.74, 6) is -1.29. The molecule has 0 spiro atoms. The third-order valence-corrected chi connectivity index (χ3v) is 3.83. The Labute approximate surface area is 121 Å². The summed E-state index contributed by atoms with van der Waals surface area (Å²) in [6.45, 7) is 0.817. The van der Waals surface area contributed by atoms with Gasteiger partial charge >= 0.3 is 5.97 Å². The van der Waals surface area contributed by atoms with Crippen LogP contribution in [0, 0.1) is 5.82 Å². The number of hydrogen-bond acceptors (Lipinski definition) is 3. The van der Waals surface area contributed by atoms with Crippen molar-refractivity contribution in [3.05, 3.63) is 29.3 Å². The summed E-state index contributed by atoms with van der Waals surface area (Å²) in [5.41, 5.74) is 0.654. The number of carbonyl (C=O) groups is 1. The van der Waals surface area contributed by atoms with Gasteiger partial charge in [-0.2, -0.15) is 0 Å². The van der Waals surface area contributed by atoms with Gasteiger partial charge in [-0.1, -0.05) is 0 Å². The summed E-state index contributed by atoms with van der Waals surface area (Å²) in [5, 5.41) is 8.91. The molecule has 1 atom stereocenters. The number of aryl methyl sites for hydroxylation is 1. The monoisotopic (exact) mass is 292 g/mol. The van der Waals surface area contributed by atoms with Crippen molar-refractivity contribution in [3.63, 3.8) is 0 Å². The molecular weight excluding hydrogens is 275 g/mol. The fourth-order valence-corrected chi connectivity index (χ4v) is 2.70. The van der Waals surface area contributed by atoms with Gasteiger partial charge in [-0.15, -0.1) is 0 Å². The highest BCUT2D eigenvalue weighted by Crippen LogP contribution is 2.20. The Bertz CT molecular complexity index is 662. The van der Waals surface area contributed by atoms with E-state index in [2.05, 4.69) is 9.97 Å². The van der Waals surface area contributed by atoms with E-state index in [4.69, 9.17) is 9.84 Å². The first-order valence-electron chi connectivity index (χ1n) is 7.16. The first kappa shape index (κ1) is 14.0. The predicted molar refractivity (Wildman–Crippen MR) is 74.9 cm³/mol. The SMILES string of the molecule is O=C(O)c1cc2nc(CCC3CCCCO3)[nH]c2cc1F. The van der Waals surface area contributed by atoms with Crippen LogP contribution in [0.2, 0.25) is 0 Å². The van der Waals surface area contributed by atoms with Gasteiger partial charge in [-0.25, -0.2) is 14.2 Å². The quantitative estimate of drug-likeness (QED) is 0.908. The van der Waals surface area contributed by atoms with Crippen LogP contribution >= 0.6 is 0 Å². The lowest BCUT2D eigenvalue weighted by Crippen LogP contribution is -2.19. The Kier molecular flexibility index (Phi) is 3.88. The predicted octanol–water partition coefficient (Wildman–Crippen LogP) is 2.90. The number of aromatic carboxylic acids is 1. The van der Waals surface area contributed by atoms with E-state index in [9.17, 15) is 9.18 Å². The molecule has 1 aromatic carbocycles. The lowest BCUT2D eigenvalue weighted by atomic mass is 10.0. The Morgan fingerprint density at radius 3 is 3.05 bits per heavy atom. The molecule has 2 heterocycles. The number of ether oxygens (including phenoxy) is 1. The standard InChI is InChI=1S/C15H17FN2O3/c16-11-8-13-12(7-10(11)15(19)20)17-14(18-13)5-4-9-3-1-2-6-21-9/h7-9H,1-6H2,(H,17,18)(H,19,20). The number of H-pyrrole nitrogens is 1. The van der Waals surface area contributed by atoms with E-state index < -0.39 is 11.8 Å². The molecule has 0 amide bonds. The Morgan fingerprint density at radius 1 is 1.48 bits per heavy atom. The molecule has 2 aromatic rings. The van der Waals surface area contributed by atoms with Crippen molar-refractivity contribution in [2.75, 3.05) is 6.61 Å². The molecule has 2 N–H and O–H groups in total. The van der Waals surface area contributed by atoms with Gasteiger partial charge in [0.15, 0.2) is 0 Å². The normalized spacial score (nSPS) is 19.0. The van der Waals surface area contributed by atoms with E-state index in [-0.39, 0.29) is 11.7 Å². The van der Waals surface area contributed by atoms with Crippen LogP contribution < -0.4 is 0 Å². The number of rotatable bonds is 4. The molecule has 3 rings (SSSR count). The van der Waals surface area contributed by atoms with Crippen molar-refractivity contribution in [2.45, 2.75) is 38.2 Å². The zero-order chi connectivity index (χ0) is 14.8. The highest BCUT2D eigenvalue weighted by molar-refractivity contribution is 5.92. The zero-order valence-corrected chi connectivity index (χ0v) is 11.6. The minimum atomic E-state index is -1.28. The number of nitrogens with one attached hydrogen (secondary N) is 1. The molecule has 1 aromatic heterocycles. The molecule has 0 saturated carbocycles. The van der Waals surface area contributed by atoms with Crippen LogP contribution in [0.15, 0.2) is 12.1 Å². The number of halogens is 1. The van der Waals surface area contributed by atoms with E-state index in [0.717, 1.165) is 31.7 Å². The maximum atomic E-state index is 13.6. The Balaban J connectivity index is 1.75. The Hall–Kier alpha value is -1.95. The number of fused-ring (bicyclic) bond motifs is 1. The van der Waals surface area contributed by atoms with Crippen LogP contribution in [0.4, 0.5) is 4.39 Å². The Morgan fingerprint density at radius 2 is 2.33 bits per heavy atom. The molecule has 1 unspecified atom stereocenters. The van der Waals surface area contributed by atoms with Crippen molar-refractivity contribution < 1.29 is 19.0 Å². The van der Waals surface area contributed by atoms with E-state index in [1.165, 1.54) is 18.6 Å². The number of benzene rings is 1. The summed E-state index contributed by atoms with van der Waals surface area (Å²) in [6.07, 6.45) is 5.23. The van der Waals surface area contributed by atoms with Crippen molar-refractivity contribution in [2.24, 2.45) is 0 Å². The van der Waals surface area contributed by atoms with Gasteiger partial charge in [0.05, 0.1) is 22.7 Å². The smallest absolute Gasteiger partial charge is 0.338 e. The van der Waals surface area contributed by atoms with Gasteiger partial charge < -0.3 is 14.8 Å². The summed E-state index contributed by atoms with van der Waals surface area (Å²) in [6, 6.07) is 2.45. The minimum absolute atomic E-state index is 0.262. The maximum absolute atomic E-state index is 13.6. The first-order valence-corrected chi connectivity index (χ1v) is 7.16. The van der Waals surface area contributed by atoms with Crippen molar-refractivity contribution in [1.29, 1.82) is 0 Å². The third kappa shape index (κ3) is 3.05. The molecule has 1 aliphatic heterocycles. The van der Waals surface area contributed by atoms with Crippen molar-refractivity contribution in [1.82, 2.24) is 9.97 Å². The van der Waals surface area contributed by atoms with Gasteiger partial charge in [0.1, 0.15) is 11.6 Å². The van der Waals surface area contributed by atoms with Crippen LogP contribution in [0.1, 0.15) is 41.9 Å². The molecule has 0 aliphatic carbocycles. The number of aromatic amines is 1. The zero-order valence-electron chi connectivity index (χ0n) is 11.6. The molecule has 0 radical (unpaired) electrons. The van der Waals surface area contributed by atoms with E-state index >= 15 is 0 Å². The summed E-state index contributed by atoms with van der Waals surface area (Å²) < 4.78 is 19.3. The van der Waals surface area contributed by atoms with Crippen LogP contribution in [0.3, 0.4) is 0 Å². The second kappa shape index (κ2) is 5.81. The molecule has 5 nitrogen and oxygen atoms in total. The second-order valence-electron chi connectivity index (χ2n) is 5.37. The topological polar surface area (TPSA) is 75.2 Å². The lowest BCUT2D eigenvalue weighted by molar-refractivity contribution is 0.0112. The van der Waals surface area contributed by atoms with Gasteiger partial charge in [-0.3, -0.25) is 0 Å². The minimum Gasteiger partial charge on any atom is -0.478 e. The number of carboxylic acids is 1. The molecule has 0 bridgehead atoms. The van der Waals surface area contributed by atoms with E-state index in [1.54, 1.807) is 0 Å². The molecule has 6 heteroatoms. The van der Waals surface area contributed by atoms with Crippen LogP contribution in [0.25, 0.3) is 11.0 Å². The molecule has 1 aliphatic rings. The highest BCUT2D eigenvalue weighted by atomic mass is 19.1. The molecule has 1 fully saturated rings. The largest absolute Gasteiger partial charge is 0.478 e. The van der Waals surface area contributed by atoms with E-state index in [0.29, 0.717) is 17.5 Å². The molecule has 21 heavy (non-hydrogen) atoms. The highest BCUT2D eigenvalue weighted by Gasteiger charge is 2.16. The van der Waals surface area contributed by atoms with Gasteiger partial charge in [-0.05, 0) is 31.7 Å². The fraction of sp³-hybridized carbons (Fsp3) is 0.467. The summed E-state index contributed by atoms with van der Waals surface area (Å²) >= 11 is 0. The average Bonchev–Trinajstić information content (AvgIpc) is 2.87. The lowest BCUT2D eigenvalue weighted by Gasteiger charge is -2.21. The second-order valence-corrected chi connectivity index (χ2v) is 5.37. The molecule has 112 valence electrons.